The molecule has 1 fully saturated rings. The van der Waals surface area contributed by atoms with E-state index in [1.165, 1.54) is 6.92 Å². The number of hydrogen-bond acceptors (Lipinski definition) is 4. The van der Waals surface area contributed by atoms with E-state index in [4.69, 9.17) is 10.2 Å². The third-order valence-electron chi connectivity index (χ3n) is 3.50. The maximum absolute atomic E-state index is 12.1. The molecule has 1 heterocycles. The van der Waals surface area contributed by atoms with Crippen LogP contribution in [0.5, 0.6) is 0 Å². The molecule has 1 aliphatic heterocycles. The molecule has 0 aliphatic carbocycles. The van der Waals surface area contributed by atoms with Gasteiger partial charge in [-0.3, -0.25) is 14.4 Å². The maximum atomic E-state index is 12.1. The van der Waals surface area contributed by atoms with E-state index in [1.807, 2.05) is 0 Å². The Morgan fingerprint density at radius 1 is 1.29 bits per heavy atom. The molecule has 3 N–H and O–H groups in total. The van der Waals surface area contributed by atoms with Crippen LogP contribution in [0.2, 0.25) is 0 Å². The summed E-state index contributed by atoms with van der Waals surface area (Å²) in [6.07, 6.45) is 0.770. The van der Waals surface area contributed by atoms with Crippen LogP contribution in [0, 0.1) is 5.92 Å². The Labute approximate surface area is 122 Å². The minimum absolute atomic E-state index is 0.117. The Balaban J connectivity index is 2.58. The lowest BCUT2D eigenvalue weighted by molar-refractivity contribution is -0.144. The highest BCUT2D eigenvalue weighted by molar-refractivity contribution is 5.86. The summed E-state index contributed by atoms with van der Waals surface area (Å²) in [5.74, 6) is -3.39. The van der Waals surface area contributed by atoms with Gasteiger partial charge >= 0.3 is 11.9 Å². The third kappa shape index (κ3) is 5.41. The summed E-state index contributed by atoms with van der Waals surface area (Å²) >= 11 is 0. The highest BCUT2D eigenvalue weighted by atomic mass is 16.4. The summed E-state index contributed by atoms with van der Waals surface area (Å²) < 4.78 is 0. The van der Waals surface area contributed by atoms with E-state index >= 15 is 0 Å². The lowest BCUT2D eigenvalue weighted by Gasteiger charge is -2.31. The van der Waals surface area contributed by atoms with Crippen LogP contribution >= 0.6 is 0 Å². The number of carbonyl (C=O) groups excluding carboxylic acids is 2. The van der Waals surface area contributed by atoms with Crippen molar-refractivity contribution in [1.82, 2.24) is 10.2 Å². The summed E-state index contributed by atoms with van der Waals surface area (Å²) in [7, 11) is 0. The Bertz CT molecular complexity index is 436. The third-order valence-corrected chi connectivity index (χ3v) is 3.50. The standard InChI is InChI=1S/C13H20N2O6/c1-8(16)15-6-2-3-9(7-15)12(19)14-10(13(20)21)4-5-11(17)18/h9-10H,2-7H2,1H3,(H,14,19)(H,17,18)(H,20,21)/t9?,10-/m0/s1. The van der Waals surface area contributed by atoms with Crippen molar-refractivity contribution in [2.45, 2.75) is 38.6 Å². The van der Waals surface area contributed by atoms with Gasteiger partial charge in [0.15, 0.2) is 0 Å². The first-order valence-corrected chi connectivity index (χ1v) is 6.81. The van der Waals surface area contributed by atoms with E-state index in [1.54, 1.807) is 4.90 Å². The molecule has 21 heavy (non-hydrogen) atoms. The molecule has 2 amide bonds. The fourth-order valence-corrected chi connectivity index (χ4v) is 2.29. The number of amides is 2. The summed E-state index contributed by atoms with van der Waals surface area (Å²) in [5.41, 5.74) is 0. The lowest BCUT2D eigenvalue weighted by atomic mass is 9.96. The largest absolute Gasteiger partial charge is 0.481 e. The molecule has 1 unspecified atom stereocenters. The number of carbonyl (C=O) groups is 4. The fourth-order valence-electron chi connectivity index (χ4n) is 2.29. The van der Waals surface area contributed by atoms with E-state index in [9.17, 15) is 19.2 Å². The van der Waals surface area contributed by atoms with Gasteiger partial charge in [0.05, 0.1) is 5.92 Å². The summed E-state index contributed by atoms with van der Waals surface area (Å²) in [6.45, 7) is 2.29. The van der Waals surface area contributed by atoms with Gasteiger partial charge in [-0.2, -0.15) is 0 Å². The van der Waals surface area contributed by atoms with Gasteiger partial charge in [-0.15, -0.1) is 0 Å². The number of carboxylic acids is 2. The normalized spacial score (nSPS) is 19.7. The van der Waals surface area contributed by atoms with Crippen LogP contribution in [0.4, 0.5) is 0 Å². The average molecular weight is 300 g/mol. The fraction of sp³-hybridized carbons (Fsp3) is 0.692. The van der Waals surface area contributed by atoms with Gasteiger partial charge in [0.25, 0.3) is 0 Å². The molecule has 2 atom stereocenters. The Kier molecular flexibility index (Phi) is 6.13. The van der Waals surface area contributed by atoms with Crippen molar-refractivity contribution < 1.29 is 29.4 Å². The zero-order valence-corrected chi connectivity index (χ0v) is 11.9. The molecule has 0 radical (unpaired) electrons. The highest BCUT2D eigenvalue weighted by Gasteiger charge is 2.30. The smallest absolute Gasteiger partial charge is 0.326 e. The number of carboxylic acid groups (broad SMARTS) is 2. The Morgan fingerprint density at radius 3 is 2.48 bits per heavy atom. The molecule has 118 valence electrons. The Morgan fingerprint density at radius 2 is 1.95 bits per heavy atom. The van der Waals surface area contributed by atoms with Crippen molar-refractivity contribution >= 4 is 23.8 Å². The number of nitrogens with zero attached hydrogens (tertiary/aromatic N) is 1. The van der Waals surface area contributed by atoms with E-state index in [2.05, 4.69) is 5.32 Å². The van der Waals surface area contributed by atoms with Crippen LogP contribution in [0.3, 0.4) is 0 Å². The van der Waals surface area contributed by atoms with Gasteiger partial charge in [0.1, 0.15) is 6.04 Å². The molecule has 0 aromatic heterocycles. The Hall–Kier alpha value is -2.12. The van der Waals surface area contributed by atoms with Crippen molar-refractivity contribution in [3.8, 4) is 0 Å². The number of likely N-dealkylation sites (tertiary alicyclic amines) is 1. The first kappa shape index (κ1) is 16.9. The van der Waals surface area contributed by atoms with Gasteiger partial charge in [0.2, 0.25) is 11.8 Å². The van der Waals surface area contributed by atoms with Crippen LogP contribution in [-0.2, 0) is 19.2 Å². The predicted molar refractivity (Wildman–Crippen MR) is 71.4 cm³/mol. The zero-order chi connectivity index (χ0) is 16.0. The van der Waals surface area contributed by atoms with E-state index in [-0.39, 0.29) is 25.3 Å². The van der Waals surface area contributed by atoms with E-state index < -0.39 is 29.8 Å². The minimum Gasteiger partial charge on any atom is -0.481 e. The van der Waals surface area contributed by atoms with Crippen LogP contribution < -0.4 is 5.32 Å². The minimum atomic E-state index is -1.26. The van der Waals surface area contributed by atoms with Gasteiger partial charge in [0, 0.05) is 26.4 Å². The molecule has 1 rings (SSSR count). The van der Waals surface area contributed by atoms with Gasteiger partial charge in [-0.25, -0.2) is 4.79 Å². The first-order valence-electron chi connectivity index (χ1n) is 6.81. The SMILES string of the molecule is CC(=O)N1CCCC(C(=O)N[C@@H](CCC(=O)O)C(=O)O)C1. The number of rotatable bonds is 6. The first-order chi connectivity index (χ1) is 9.81. The zero-order valence-electron chi connectivity index (χ0n) is 11.9. The molecule has 1 aliphatic rings. The maximum Gasteiger partial charge on any atom is 0.326 e. The van der Waals surface area contributed by atoms with Crippen LogP contribution in [0.1, 0.15) is 32.6 Å². The average Bonchev–Trinajstić information content (AvgIpc) is 2.42. The molecule has 0 bridgehead atoms. The molecular weight excluding hydrogens is 280 g/mol. The predicted octanol–water partition coefficient (Wildman–Crippen LogP) is -0.321. The molecule has 0 aromatic rings. The topological polar surface area (TPSA) is 124 Å². The second-order valence-corrected chi connectivity index (χ2v) is 5.14. The summed E-state index contributed by atoms with van der Waals surface area (Å²) in [6, 6.07) is -1.22. The highest BCUT2D eigenvalue weighted by Crippen LogP contribution is 2.17. The quantitative estimate of drug-likeness (QED) is 0.617. The second kappa shape index (κ2) is 7.61. The van der Waals surface area contributed by atoms with Gasteiger partial charge in [-0.05, 0) is 19.3 Å². The van der Waals surface area contributed by atoms with Gasteiger partial charge < -0.3 is 20.4 Å². The molecular formula is C13H20N2O6. The number of aliphatic carboxylic acids is 2. The van der Waals surface area contributed by atoms with Gasteiger partial charge in [-0.1, -0.05) is 0 Å². The monoisotopic (exact) mass is 300 g/mol. The van der Waals surface area contributed by atoms with Crippen molar-refractivity contribution in [2.75, 3.05) is 13.1 Å². The summed E-state index contributed by atoms with van der Waals surface area (Å²) in [4.78, 5) is 46.4. The molecule has 8 heteroatoms. The van der Waals surface area contributed by atoms with Crippen molar-refractivity contribution in [1.29, 1.82) is 0 Å². The lowest BCUT2D eigenvalue weighted by Crippen LogP contribution is -2.49. The summed E-state index contributed by atoms with van der Waals surface area (Å²) in [5, 5.41) is 19.9. The van der Waals surface area contributed by atoms with E-state index in [0.717, 1.165) is 0 Å². The van der Waals surface area contributed by atoms with Crippen LogP contribution in [-0.4, -0.2) is 58.0 Å². The van der Waals surface area contributed by atoms with Crippen molar-refractivity contribution in [3.63, 3.8) is 0 Å². The number of hydrogen-bond donors (Lipinski definition) is 3. The molecule has 8 nitrogen and oxygen atoms in total. The molecule has 1 saturated heterocycles. The van der Waals surface area contributed by atoms with Crippen LogP contribution in [0.25, 0.3) is 0 Å². The van der Waals surface area contributed by atoms with Crippen LogP contribution in [0.15, 0.2) is 0 Å². The van der Waals surface area contributed by atoms with E-state index in [0.29, 0.717) is 19.4 Å². The second-order valence-electron chi connectivity index (χ2n) is 5.14. The molecule has 0 aromatic carbocycles. The van der Waals surface area contributed by atoms with Crippen molar-refractivity contribution in [3.05, 3.63) is 0 Å². The molecule has 0 spiro atoms. The number of nitrogens with one attached hydrogen (secondary N) is 1. The molecule has 0 saturated carbocycles. The van der Waals surface area contributed by atoms with Crippen molar-refractivity contribution in [2.24, 2.45) is 5.92 Å². The number of piperidine rings is 1.